The van der Waals surface area contributed by atoms with Crippen molar-refractivity contribution in [1.29, 1.82) is 0 Å². The number of nitrogens with one attached hydrogen (secondary N) is 1. The maximum absolute atomic E-state index is 12.3. The van der Waals surface area contributed by atoms with E-state index in [4.69, 9.17) is 0 Å². The Hall–Kier alpha value is -0.880. The van der Waals surface area contributed by atoms with Crippen LogP contribution in [0.3, 0.4) is 0 Å². The molecule has 5 nitrogen and oxygen atoms in total. The van der Waals surface area contributed by atoms with Gasteiger partial charge in [-0.05, 0) is 48.7 Å². The van der Waals surface area contributed by atoms with Crippen molar-refractivity contribution in [3.63, 3.8) is 0 Å². The molecular formula is C13H19BrN4O. The van der Waals surface area contributed by atoms with Gasteiger partial charge in [0.2, 0.25) is 0 Å². The highest BCUT2D eigenvalue weighted by Crippen LogP contribution is 2.34. The molecule has 0 radical (unpaired) electrons. The topological polar surface area (TPSA) is 50.2 Å². The Labute approximate surface area is 121 Å². The van der Waals surface area contributed by atoms with Crippen LogP contribution < -0.4 is 5.32 Å². The molecular weight excluding hydrogens is 308 g/mol. The molecule has 2 aliphatic heterocycles. The van der Waals surface area contributed by atoms with E-state index in [1.807, 2.05) is 0 Å². The van der Waals surface area contributed by atoms with E-state index in [1.54, 1.807) is 17.9 Å². The first kappa shape index (κ1) is 13.1. The molecule has 0 spiro atoms. The largest absolute Gasteiger partial charge is 0.348 e. The van der Waals surface area contributed by atoms with E-state index in [0.29, 0.717) is 23.8 Å². The zero-order valence-corrected chi connectivity index (χ0v) is 12.9. The van der Waals surface area contributed by atoms with Crippen LogP contribution in [0.1, 0.15) is 36.2 Å². The van der Waals surface area contributed by atoms with Crippen molar-refractivity contribution in [2.75, 3.05) is 7.05 Å². The lowest BCUT2D eigenvalue weighted by molar-refractivity contribution is 0.0872. The molecule has 1 N–H and O–H groups in total. The third-order valence-corrected chi connectivity index (χ3v) is 5.12. The number of nitrogens with zero attached hydrogens (tertiary/aromatic N) is 3. The molecule has 1 aromatic rings. The monoisotopic (exact) mass is 326 g/mol. The first-order chi connectivity index (χ1) is 9.06. The fourth-order valence-corrected chi connectivity index (χ4v) is 3.98. The van der Waals surface area contributed by atoms with Crippen molar-refractivity contribution in [2.45, 2.75) is 43.8 Å². The van der Waals surface area contributed by atoms with Crippen LogP contribution in [-0.4, -0.2) is 45.8 Å². The van der Waals surface area contributed by atoms with Crippen molar-refractivity contribution < 1.29 is 4.79 Å². The van der Waals surface area contributed by atoms with Crippen LogP contribution in [0.25, 0.3) is 0 Å². The Morgan fingerprint density at radius 3 is 2.53 bits per heavy atom. The van der Waals surface area contributed by atoms with Crippen LogP contribution in [0.4, 0.5) is 0 Å². The van der Waals surface area contributed by atoms with Crippen molar-refractivity contribution in [3.8, 4) is 0 Å². The molecule has 3 rings (SSSR count). The van der Waals surface area contributed by atoms with Gasteiger partial charge in [0.1, 0.15) is 5.69 Å². The molecule has 104 valence electrons. The van der Waals surface area contributed by atoms with Gasteiger partial charge in [-0.3, -0.25) is 9.48 Å². The van der Waals surface area contributed by atoms with Crippen molar-refractivity contribution in [3.05, 3.63) is 16.4 Å². The average Bonchev–Trinajstić information content (AvgIpc) is 2.77. The maximum atomic E-state index is 12.3. The fraction of sp³-hybridized carbons (Fsp3) is 0.692. The van der Waals surface area contributed by atoms with Gasteiger partial charge in [0.15, 0.2) is 0 Å². The summed E-state index contributed by atoms with van der Waals surface area (Å²) in [5, 5.41) is 7.25. The van der Waals surface area contributed by atoms with Gasteiger partial charge in [0.05, 0.1) is 10.7 Å². The molecule has 0 aliphatic carbocycles. The van der Waals surface area contributed by atoms with Crippen LogP contribution in [0.2, 0.25) is 0 Å². The molecule has 2 fully saturated rings. The molecule has 2 unspecified atom stereocenters. The van der Waals surface area contributed by atoms with Gasteiger partial charge >= 0.3 is 0 Å². The second kappa shape index (κ2) is 4.90. The highest BCUT2D eigenvalue weighted by atomic mass is 79.9. The number of aromatic nitrogens is 2. The van der Waals surface area contributed by atoms with E-state index >= 15 is 0 Å². The minimum Gasteiger partial charge on any atom is -0.348 e. The fourth-order valence-electron chi connectivity index (χ4n) is 3.45. The summed E-state index contributed by atoms with van der Waals surface area (Å²) in [7, 11) is 4.00. The highest BCUT2D eigenvalue weighted by molar-refractivity contribution is 9.10. The molecule has 1 amide bonds. The zero-order chi connectivity index (χ0) is 13.6. The predicted octanol–water partition coefficient (Wildman–Crippen LogP) is 1.54. The van der Waals surface area contributed by atoms with Gasteiger partial charge in [0, 0.05) is 25.2 Å². The van der Waals surface area contributed by atoms with E-state index in [1.165, 1.54) is 12.8 Å². The summed E-state index contributed by atoms with van der Waals surface area (Å²) in [4.78, 5) is 14.8. The quantitative estimate of drug-likeness (QED) is 0.896. The van der Waals surface area contributed by atoms with Crippen molar-refractivity contribution >= 4 is 21.8 Å². The number of carbonyl (C=O) groups is 1. The molecule has 0 aromatic carbocycles. The van der Waals surface area contributed by atoms with E-state index in [-0.39, 0.29) is 5.91 Å². The van der Waals surface area contributed by atoms with Crippen LogP contribution >= 0.6 is 15.9 Å². The number of piperidine rings is 1. The number of carbonyl (C=O) groups excluding carboxylic acids is 1. The molecule has 19 heavy (non-hydrogen) atoms. The normalized spacial score (nSPS) is 30.6. The Morgan fingerprint density at radius 1 is 1.37 bits per heavy atom. The average molecular weight is 327 g/mol. The van der Waals surface area contributed by atoms with Crippen LogP contribution in [0, 0.1) is 0 Å². The van der Waals surface area contributed by atoms with Gasteiger partial charge in [-0.25, -0.2) is 0 Å². The second-order valence-electron chi connectivity index (χ2n) is 5.66. The molecule has 6 heteroatoms. The first-order valence-corrected chi connectivity index (χ1v) is 7.56. The Kier molecular flexibility index (Phi) is 3.39. The maximum Gasteiger partial charge on any atom is 0.270 e. The molecule has 1 aromatic heterocycles. The Balaban J connectivity index is 1.68. The molecule has 3 heterocycles. The number of aryl methyl sites for hydroxylation is 1. The molecule has 0 saturated carbocycles. The predicted molar refractivity (Wildman–Crippen MR) is 76.0 cm³/mol. The number of rotatable bonds is 2. The lowest BCUT2D eigenvalue weighted by Crippen LogP contribution is -2.49. The Bertz CT molecular complexity index is 467. The summed E-state index contributed by atoms with van der Waals surface area (Å²) in [6.45, 7) is 0. The van der Waals surface area contributed by atoms with Gasteiger partial charge in [-0.15, -0.1) is 0 Å². The molecule has 2 saturated heterocycles. The van der Waals surface area contributed by atoms with E-state index < -0.39 is 0 Å². The van der Waals surface area contributed by atoms with Crippen LogP contribution in [-0.2, 0) is 7.05 Å². The second-order valence-corrected chi connectivity index (χ2v) is 6.51. The number of hydrogen-bond donors (Lipinski definition) is 1. The summed E-state index contributed by atoms with van der Waals surface area (Å²) in [5.74, 6) is -0.0270. The third-order valence-electron chi connectivity index (χ3n) is 4.54. The highest BCUT2D eigenvalue weighted by Gasteiger charge is 2.39. The van der Waals surface area contributed by atoms with Crippen LogP contribution in [0.5, 0.6) is 0 Å². The molecule has 2 aliphatic rings. The van der Waals surface area contributed by atoms with Gasteiger partial charge in [-0.2, -0.15) is 5.10 Å². The van der Waals surface area contributed by atoms with Crippen LogP contribution in [0.15, 0.2) is 10.7 Å². The van der Waals surface area contributed by atoms with Gasteiger partial charge < -0.3 is 10.2 Å². The summed E-state index contributed by atoms with van der Waals surface area (Å²) < 4.78 is 2.37. The Morgan fingerprint density at radius 2 is 2.00 bits per heavy atom. The molecule has 2 bridgehead atoms. The SMILES string of the molecule is CN1C2CCC1CC(NC(=O)c1c(Br)cnn1C)C2. The number of fused-ring (bicyclic) bond motifs is 2. The van der Waals surface area contributed by atoms with E-state index in [9.17, 15) is 4.79 Å². The number of hydrogen-bond acceptors (Lipinski definition) is 3. The number of halogens is 1. The summed E-state index contributed by atoms with van der Waals surface area (Å²) in [5.41, 5.74) is 0.603. The third kappa shape index (κ3) is 2.31. The van der Waals surface area contributed by atoms with Crippen molar-refractivity contribution in [1.82, 2.24) is 20.0 Å². The minimum atomic E-state index is -0.0270. The minimum absolute atomic E-state index is 0.0270. The lowest BCUT2D eigenvalue weighted by atomic mass is 9.98. The smallest absolute Gasteiger partial charge is 0.270 e. The zero-order valence-electron chi connectivity index (χ0n) is 11.3. The van der Waals surface area contributed by atoms with E-state index in [2.05, 4.69) is 38.3 Å². The summed E-state index contributed by atoms with van der Waals surface area (Å²) in [6, 6.07) is 1.57. The first-order valence-electron chi connectivity index (χ1n) is 6.76. The standard InChI is InChI=1S/C13H19BrN4O/c1-17-9-3-4-10(17)6-8(5-9)16-13(19)12-11(14)7-15-18(12)2/h7-10H,3-6H2,1-2H3,(H,16,19). The summed E-state index contributed by atoms with van der Waals surface area (Å²) >= 11 is 3.38. The van der Waals surface area contributed by atoms with E-state index in [0.717, 1.165) is 17.3 Å². The molecule has 2 atom stereocenters. The lowest BCUT2D eigenvalue weighted by Gasteiger charge is -2.36. The van der Waals surface area contributed by atoms with Crippen molar-refractivity contribution in [2.24, 2.45) is 7.05 Å². The number of amides is 1. The summed E-state index contributed by atoms with van der Waals surface area (Å²) in [6.07, 6.45) is 6.32. The van der Waals surface area contributed by atoms with Gasteiger partial charge in [0.25, 0.3) is 5.91 Å². The van der Waals surface area contributed by atoms with Gasteiger partial charge in [-0.1, -0.05) is 0 Å².